The molecule has 0 heterocycles. The Kier molecular flexibility index (Phi) is 8.38. The van der Waals surface area contributed by atoms with Gasteiger partial charge in [-0.3, -0.25) is 25.7 Å². The number of anilines is 1. The first kappa shape index (κ1) is 19.5. The van der Waals surface area contributed by atoms with Crippen LogP contribution in [0.5, 0.6) is 0 Å². The van der Waals surface area contributed by atoms with Gasteiger partial charge in [0, 0.05) is 11.8 Å². The molecule has 0 saturated heterocycles. The molecule has 0 aromatic heterocycles. The molecule has 0 bridgehead atoms. The van der Waals surface area contributed by atoms with Gasteiger partial charge < -0.3 is 0 Å². The molecule has 0 aliphatic heterocycles. The van der Waals surface area contributed by atoms with Crippen molar-refractivity contribution in [1.29, 1.82) is 0 Å². The minimum absolute atomic E-state index is 0.155. The second-order valence-electron chi connectivity index (χ2n) is 5.52. The molecule has 8 heteroatoms. The van der Waals surface area contributed by atoms with Gasteiger partial charge >= 0.3 is 5.69 Å². The summed E-state index contributed by atoms with van der Waals surface area (Å²) in [4.78, 5) is 20.5. The van der Waals surface area contributed by atoms with E-state index in [-0.39, 0.29) is 17.1 Å². The highest BCUT2D eigenvalue weighted by molar-refractivity contribution is 5.85. The van der Waals surface area contributed by atoms with Crippen molar-refractivity contribution in [3.63, 3.8) is 0 Å². The van der Waals surface area contributed by atoms with Crippen LogP contribution in [0.15, 0.2) is 23.3 Å². The molecule has 0 amide bonds. The van der Waals surface area contributed by atoms with Gasteiger partial charge in [-0.05, 0) is 25.3 Å². The molecule has 24 heavy (non-hydrogen) atoms. The smallest absolute Gasteiger partial charge is 0.272 e. The van der Waals surface area contributed by atoms with Crippen LogP contribution >= 0.6 is 0 Å². The average molecular weight is 336 g/mol. The Hall–Kier alpha value is -2.51. The van der Waals surface area contributed by atoms with Gasteiger partial charge in [-0.15, -0.1) is 0 Å². The van der Waals surface area contributed by atoms with Crippen LogP contribution in [0.2, 0.25) is 0 Å². The fourth-order valence-electron chi connectivity index (χ4n) is 2.26. The summed E-state index contributed by atoms with van der Waals surface area (Å²) in [7, 11) is 0. The number of hydrogen-bond donors (Lipinski definition) is 1. The van der Waals surface area contributed by atoms with E-state index in [1.807, 2.05) is 6.92 Å². The first-order valence-electron chi connectivity index (χ1n) is 8.23. The number of benzene rings is 1. The lowest BCUT2D eigenvalue weighted by molar-refractivity contribution is -0.393. The van der Waals surface area contributed by atoms with Crippen LogP contribution in [0.25, 0.3) is 0 Å². The summed E-state index contributed by atoms with van der Waals surface area (Å²) in [5.41, 5.74) is 3.10. The van der Waals surface area contributed by atoms with Gasteiger partial charge in [-0.1, -0.05) is 39.5 Å². The summed E-state index contributed by atoms with van der Waals surface area (Å²) in [6.07, 6.45) is 7.40. The zero-order valence-corrected chi connectivity index (χ0v) is 14.2. The van der Waals surface area contributed by atoms with Gasteiger partial charge in [0.25, 0.3) is 5.69 Å². The van der Waals surface area contributed by atoms with E-state index in [2.05, 4.69) is 17.5 Å². The maximum Gasteiger partial charge on any atom is 0.301 e. The second kappa shape index (κ2) is 10.3. The van der Waals surface area contributed by atoms with E-state index in [1.54, 1.807) is 0 Å². The SMILES string of the molecule is CCCCCCC/C(CC)=N/Nc1ccc([N+](=O)[O-])cc1[N+](=O)[O-]. The molecule has 0 fully saturated rings. The van der Waals surface area contributed by atoms with Crippen molar-refractivity contribution in [2.24, 2.45) is 5.10 Å². The van der Waals surface area contributed by atoms with E-state index in [1.165, 1.54) is 31.4 Å². The number of nitrogens with zero attached hydrogens (tertiary/aromatic N) is 3. The lowest BCUT2D eigenvalue weighted by Gasteiger charge is -2.06. The average Bonchev–Trinajstić information content (AvgIpc) is 2.57. The predicted molar refractivity (Wildman–Crippen MR) is 94.5 cm³/mol. The molecule has 1 aromatic rings. The topological polar surface area (TPSA) is 111 Å². The molecule has 0 radical (unpaired) electrons. The van der Waals surface area contributed by atoms with Crippen LogP contribution in [0, 0.1) is 20.2 Å². The Morgan fingerprint density at radius 3 is 2.38 bits per heavy atom. The number of hydrogen-bond acceptors (Lipinski definition) is 6. The van der Waals surface area contributed by atoms with E-state index in [4.69, 9.17) is 0 Å². The van der Waals surface area contributed by atoms with Gasteiger partial charge in [0.1, 0.15) is 5.69 Å². The van der Waals surface area contributed by atoms with Crippen LogP contribution in [0.3, 0.4) is 0 Å². The maximum atomic E-state index is 11.1. The molecule has 1 rings (SSSR count). The van der Waals surface area contributed by atoms with Crippen LogP contribution in [0.1, 0.15) is 58.8 Å². The number of rotatable bonds is 11. The Morgan fingerprint density at radius 1 is 1.08 bits per heavy atom. The van der Waals surface area contributed by atoms with E-state index >= 15 is 0 Å². The first-order chi connectivity index (χ1) is 11.5. The summed E-state index contributed by atoms with van der Waals surface area (Å²) in [5.74, 6) is 0. The Morgan fingerprint density at radius 2 is 1.79 bits per heavy atom. The highest BCUT2D eigenvalue weighted by Gasteiger charge is 2.19. The van der Waals surface area contributed by atoms with Gasteiger partial charge in [0.2, 0.25) is 0 Å². The normalized spacial score (nSPS) is 11.3. The van der Waals surface area contributed by atoms with Crippen molar-refractivity contribution < 1.29 is 9.85 Å². The van der Waals surface area contributed by atoms with Crippen molar-refractivity contribution in [2.75, 3.05) is 5.43 Å². The number of nitro groups is 2. The summed E-state index contributed by atoms with van der Waals surface area (Å²) in [5, 5.41) is 26.0. The number of nitro benzene ring substituents is 2. The monoisotopic (exact) mass is 336 g/mol. The van der Waals surface area contributed by atoms with Crippen molar-refractivity contribution in [3.05, 3.63) is 38.4 Å². The molecule has 0 aliphatic rings. The zero-order valence-electron chi connectivity index (χ0n) is 14.2. The predicted octanol–water partition coefficient (Wildman–Crippen LogP) is 5.04. The number of nitrogens with one attached hydrogen (secondary N) is 1. The molecular formula is C16H24N4O4. The van der Waals surface area contributed by atoms with Crippen molar-refractivity contribution in [2.45, 2.75) is 58.8 Å². The van der Waals surface area contributed by atoms with E-state index in [0.29, 0.717) is 0 Å². The third-order valence-electron chi connectivity index (χ3n) is 3.70. The summed E-state index contributed by atoms with van der Waals surface area (Å²) < 4.78 is 0. The third-order valence-corrected chi connectivity index (χ3v) is 3.70. The van der Waals surface area contributed by atoms with E-state index < -0.39 is 9.85 Å². The van der Waals surface area contributed by atoms with Gasteiger partial charge in [-0.2, -0.15) is 5.10 Å². The quantitative estimate of drug-likeness (QED) is 0.263. The Balaban J connectivity index is 2.75. The van der Waals surface area contributed by atoms with Crippen molar-refractivity contribution >= 4 is 22.8 Å². The molecule has 0 spiro atoms. The molecule has 0 saturated carbocycles. The van der Waals surface area contributed by atoms with Crippen molar-refractivity contribution in [3.8, 4) is 0 Å². The summed E-state index contributed by atoms with van der Waals surface area (Å²) in [6, 6.07) is 3.48. The lowest BCUT2D eigenvalue weighted by atomic mass is 10.1. The maximum absolute atomic E-state index is 11.1. The molecule has 0 unspecified atom stereocenters. The van der Waals surface area contributed by atoms with Crippen molar-refractivity contribution in [1.82, 2.24) is 0 Å². The largest absolute Gasteiger partial charge is 0.301 e. The van der Waals surface area contributed by atoms with Gasteiger partial charge in [-0.25, -0.2) is 0 Å². The Bertz CT molecular complexity index is 602. The molecule has 0 atom stereocenters. The van der Waals surface area contributed by atoms with Crippen LogP contribution in [0.4, 0.5) is 17.1 Å². The summed E-state index contributed by atoms with van der Waals surface area (Å²) in [6.45, 7) is 4.15. The first-order valence-corrected chi connectivity index (χ1v) is 8.23. The van der Waals surface area contributed by atoms with Crippen LogP contribution in [-0.2, 0) is 0 Å². The molecular weight excluding hydrogens is 312 g/mol. The fraction of sp³-hybridized carbons (Fsp3) is 0.562. The highest BCUT2D eigenvalue weighted by atomic mass is 16.6. The number of unbranched alkanes of at least 4 members (excludes halogenated alkanes) is 4. The van der Waals surface area contributed by atoms with Gasteiger partial charge in [0.05, 0.1) is 15.9 Å². The summed E-state index contributed by atoms with van der Waals surface area (Å²) >= 11 is 0. The molecule has 1 N–H and O–H groups in total. The van der Waals surface area contributed by atoms with Crippen LogP contribution in [-0.4, -0.2) is 15.6 Å². The second-order valence-corrected chi connectivity index (χ2v) is 5.52. The molecule has 8 nitrogen and oxygen atoms in total. The third kappa shape index (κ3) is 6.31. The molecule has 132 valence electrons. The Labute approximate surface area is 141 Å². The van der Waals surface area contributed by atoms with E-state index in [0.717, 1.165) is 37.5 Å². The minimum atomic E-state index is -0.659. The molecule has 0 aliphatic carbocycles. The molecule has 1 aromatic carbocycles. The fourth-order valence-corrected chi connectivity index (χ4v) is 2.26. The van der Waals surface area contributed by atoms with Crippen LogP contribution < -0.4 is 5.43 Å². The lowest BCUT2D eigenvalue weighted by Crippen LogP contribution is -2.03. The van der Waals surface area contributed by atoms with E-state index in [9.17, 15) is 20.2 Å². The number of hydrazone groups is 1. The standard InChI is InChI=1S/C16H24N4O4/c1-3-5-6-7-8-9-13(4-2)17-18-15-11-10-14(19(21)22)12-16(15)20(23)24/h10-12,18H,3-9H2,1-2H3/b17-13+. The zero-order chi connectivity index (χ0) is 17.9. The van der Waals surface area contributed by atoms with Gasteiger partial charge in [0.15, 0.2) is 0 Å². The minimum Gasteiger partial charge on any atom is -0.272 e. The number of non-ortho nitro benzene ring substituents is 1. The highest BCUT2D eigenvalue weighted by Crippen LogP contribution is 2.29.